The predicted octanol–water partition coefficient (Wildman–Crippen LogP) is 1.90. The average Bonchev–Trinajstić information content (AvgIpc) is 3.15. The maximum Gasteiger partial charge on any atom is 0.237 e. The quantitative estimate of drug-likeness (QED) is 0.699. The number of benzene rings is 1. The molecule has 0 spiro atoms. The van der Waals surface area contributed by atoms with Gasteiger partial charge in [-0.2, -0.15) is 0 Å². The Bertz CT molecular complexity index is 593. The van der Waals surface area contributed by atoms with Crippen molar-refractivity contribution < 1.29 is 14.6 Å². The minimum atomic E-state index is 0. The van der Waals surface area contributed by atoms with Crippen LogP contribution < -0.4 is 15.4 Å². The number of nitrogens with zero attached hydrogens (tertiary/aromatic N) is 1. The molecule has 2 heterocycles. The molecule has 1 aromatic rings. The number of nitrogens with one attached hydrogen (secondary N) is 2. The summed E-state index contributed by atoms with van der Waals surface area (Å²) < 4.78 is 5.09. The topological polar surface area (TPSA) is 73.8 Å². The van der Waals surface area contributed by atoms with Crippen LogP contribution in [0.15, 0.2) is 18.2 Å². The molecule has 3 N–H and O–H groups in total. The molecule has 0 saturated carbocycles. The Morgan fingerprint density at radius 3 is 2.92 bits per heavy atom. The number of methoxy groups -OCH3 is 1. The van der Waals surface area contributed by atoms with Crippen molar-refractivity contribution in [2.75, 3.05) is 33.3 Å². The lowest BCUT2D eigenvalue weighted by Crippen LogP contribution is -2.45. The number of rotatable bonds is 6. The third kappa shape index (κ3) is 5.50. The predicted molar refractivity (Wildman–Crippen MR) is 104 cm³/mol. The van der Waals surface area contributed by atoms with Gasteiger partial charge in [0.1, 0.15) is 0 Å². The number of carbonyl (C=O) groups is 1. The van der Waals surface area contributed by atoms with E-state index >= 15 is 0 Å². The van der Waals surface area contributed by atoms with Gasteiger partial charge in [0.25, 0.3) is 0 Å². The number of carbonyl (C=O) groups excluding carboxylic acids is 1. The van der Waals surface area contributed by atoms with Crippen LogP contribution in [0.25, 0.3) is 0 Å². The van der Waals surface area contributed by atoms with Crippen LogP contribution in [0.5, 0.6) is 11.5 Å². The zero-order chi connectivity index (χ0) is 17.6. The lowest BCUT2D eigenvalue weighted by atomic mass is 9.97. The Hall–Kier alpha value is -1.50. The van der Waals surface area contributed by atoms with E-state index in [1.54, 1.807) is 19.2 Å². The number of amides is 1. The first-order valence-corrected chi connectivity index (χ1v) is 9.25. The Labute approximate surface area is 161 Å². The molecule has 0 aromatic heterocycles. The van der Waals surface area contributed by atoms with E-state index in [1.807, 2.05) is 6.07 Å². The van der Waals surface area contributed by atoms with Gasteiger partial charge < -0.3 is 20.5 Å². The molecule has 2 saturated heterocycles. The Morgan fingerprint density at radius 2 is 2.23 bits per heavy atom. The summed E-state index contributed by atoms with van der Waals surface area (Å²) in [5.41, 5.74) is 1.08. The zero-order valence-electron chi connectivity index (χ0n) is 15.4. The van der Waals surface area contributed by atoms with Crippen molar-refractivity contribution in [1.29, 1.82) is 0 Å². The van der Waals surface area contributed by atoms with Gasteiger partial charge in [-0.05, 0) is 62.4 Å². The number of piperidine rings is 1. The van der Waals surface area contributed by atoms with Crippen molar-refractivity contribution in [3.8, 4) is 11.5 Å². The molecule has 3 rings (SSSR count). The minimum Gasteiger partial charge on any atom is -0.504 e. The van der Waals surface area contributed by atoms with Gasteiger partial charge in [0.05, 0.1) is 13.2 Å². The van der Waals surface area contributed by atoms with Gasteiger partial charge in [-0.25, -0.2) is 0 Å². The highest BCUT2D eigenvalue weighted by Gasteiger charge is 2.24. The van der Waals surface area contributed by atoms with Crippen molar-refractivity contribution >= 4 is 18.3 Å². The standard InChI is InChI=1S/C19H29N3O3.ClH/c1-25-18-7-6-14(10-17(18)23)12-22-9-3-4-15(13-22)11-21-19(24)16-5-2-8-20-16;/h6-7,10,15-16,20,23H,2-5,8-9,11-13H2,1H3,(H,21,24);1H. The van der Waals surface area contributed by atoms with Crippen LogP contribution in [0.2, 0.25) is 0 Å². The van der Waals surface area contributed by atoms with Gasteiger partial charge in [-0.15, -0.1) is 12.4 Å². The maximum atomic E-state index is 12.1. The molecule has 146 valence electrons. The van der Waals surface area contributed by atoms with E-state index in [4.69, 9.17) is 4.74 Å². The summed E-state index contributed by atoms with van der Waals surface area (Å²) in [6, 6.07) is 5.58. The molecule has 1 amide bonds. The summed E-state index contributed by atoms with van der Waals surface area (Å²) in [6.07, 6.45) is 4.33. The second-order valence-corrected chi connectivity index (χ2v) is 7.14. The fourth-order valence-electron chi connectivity index (χ4n) is 3.83. The number of phenolic OH excluding ortho intramolecular Hbond substituents is 1. The van der Waals surface area contributed by atoms with Gasteiger partial charge in [0.15, 0.2) is 11.5 Å². The monoisotopic (exact) mass is 383 g/mol. The summed E-state index contributed by atoms with van der Waals surface area (Å²) in [7, 11) is 1.55. The van der Waals surface area contributed by atoms with Gasteiger partial charge in [0.2, 0.25) is 5.91 Å². The highest BCUT2D eigenvalue weighted by Crippen LogP contribution is 2.27. The largest absolute Gasteiger partial charge is 0.504 e. The molecule has 6 nitrogen and oxygen atoms in total. The van der Waals surface area contributed by atoms with Gasteiger partial charge in [0, 0.05) is 19.6 Å². The normalized spacial score (nSPS) is 23.3. The lowest BCUT2D eigenvalue weighted by Gasteiger charge is -2.33. The molecule has 2 fully saturated rings. The number of hydrogen-bond acceptors (Lipinski definition) is 5. The SMILES string of the molecule is COc1ccc(CN2CCCC(CNC(=O)C3CCCN3)C2)cc1O.Cl. The van der Waals surface area contributed by atoms with Crippen LogP contribution >= 0.6 is 12.4 Å². The molecular formula is C19H30ClN3O3. The molecule has 26 heavy (non-hydrogen) atoms. The third-order valence-electron chi connectivity index (χ3n) is 5.19. The van der Waals surface area contributed by atoms with E-state index in [1.165, 1.54) is 0 Å². The van der Waals surface area contributed by atoms with E-state index in [-0.39, 0.29) is 30.1 Å². The summed E-state index contributed by atoms with van der Waals surface area (Å²) in [5.74, 6) is 1.33. The van der Waals surface area contributed by atoms with E-state index in [9.17, 15) is 9.90 Å². The first-order valence-electron chi connectivity index (χ1n) is 9.25. The first kappa shape index (κ1) is 20.8. The second kappa shape index (κ2) is 10.00. The number of ether oxygens (including phenoxy) is 1. The molecule has 0 bridgehead atoms. The summed E-state index contributed by atoms with van der Waals surface area (Å²) >= 11 is 0. The molecule has 2 aliphatic heterocycles. The number of likely N-dealkylation sites (tertiary alicyclic amines) is 1. The van der Waals surface area contributed by atoms with Crippen LogP contribution in [-0.2, 0) is 11.3 Å². The van der Waals surface area contributed by atoms with Crippen LogP contribution in [0.3, 0.4) is 0 Å². The number of aromatic hydroxyl groups is 1. The second-order valence-electron chi connectivity index (χ2n) is 7.14. The molecule has 1 aromatic carbocycles. The molecule has 2 aliphatic rings. The highest BCUT2D eigenvalue weighted by atomic mass is 35.5. The lowest BCUT2D eigenvalue weighted by molar-refractivity contribution is -0.123. The molecule has 7 heteroatoms. The highest BCUT2D eigenvalue weighted by molar-refractivity contribution is 5.85. The fourth-order valence-corrected chi connectivity index (χ4v) is 3.83. The smallest absolute Gasteiger partial charge is 0.237 e. The zero-order valence-corrected chi connectivity index (χ0v) is 16.2. The average molecular weight is 384 g/mol. The number of hydrogen-bond donors (Lipinski definition) is 3. The van der Waals surface area contributed by atoms with Crippen molar-refractivity contribution in [3.05, 3.63) is 23.8 Å². The summed E-state index contributed by atoms with van der Waals surface area (Å²) in [6.45, 7) is 4.55. The minimum absolute atomic E-state index is 0. The molecule has 0 aliphatic carbocycles. The summed E-state index contributed by atoms with van der Waals surface area (Å²) in [4.78, 5) is 14.5. The number of halogens is 1. The van der Waals surface area contributed by atoms with Crippen LogP contribution in [0, 0.1) is 5.92 Å². The molecule has 0 radical (unpaired) electrons. The van der Waals surface area contributed by atoms with Crippen LogP contribution in [0.4, 0.5) is 0 Å². The Balaban J connectivity index is 0.00000243. The molecule has 2 atom stereocenters. The van der Waals surface area contributed by atoms with Gasteiger partial charge in [-0.3, -0.25) is 9.69 Å². The maximum absolute atomic E-state index is 12.1. The third-order valence-corrected chi connectivity index (χ3v) is 5.19. The first-order chi connectivity index (χ1) is 12.2. The fraction of sp³-hybridized carbons (Fsp3) is 0.632. The Morgan fingerprint density at radius 1 is 1.38 bits per heavy atom. The van der Waals surface area contributed by atoms with E-state index in [0.717, 1.165) is 64.0 Å². The van der Waals surface area contributed by atoms with E-state index in [2.05, 4.69) is 15.5 Å². The summed E-state index contributed by atoms with van der Waals surface area (Å²) in [5, 5.41) is 16.3. The molecule has 2 unspecified atom stereocenters. The van der Waals surface area contributed by atoms with Crippen LogP contribution in [0.1, 0.15) is 31.2 Å². The Kier molecular flexibility index (Phi) is 8.00. The van der Waals surface area contributed by atoms with Crippen molar-refractivity contribution in [2.45, 2.75) is 38.3 Å². The van der Waals surface area contributed by atoms with Crippen molar-refractivity contribution in [1.82, 2.24) is 15.5 Å². The van der Waals surface area contributed by atoms with Crippen LogP contribution in [-0.4, -0.2) is 55.2 Å². The van der Waals surface area contributed by atoms with Gasteiger partial charge >= 0.3 is 0 Å². The van der Waals surface area contributed by atoms with Gasteiger partial charge in [-0.1, -0.05) is 6.07 Å². The number of phenols is 1. The van der Waals surface area contributed by atoms with Crippen molar-refractivity contribution in [3.63, 3.8) is 0 Å². The van der Waals surface area contributed by atoms with Crippen molar-refractivity contribution in [2.24, 2.45) is 5.92 Å². The van der Waals surface area contributed by atoms with E-state index < -0.39 is 0 Å². The van der Waals surface area contributed by atoms with E-state index in [0.29, 0.717) is 11.7 Å². The molecular weight excluding hydrogens is 354 g/mol.